The van der Waals surface area contributed by atoms with Gasteiger partial charge in [-0.1, -0.05) is 73.5 Å². The Labute approximate surface area is 190 Å². The molecular formula is C24H22ClN7. The maximum absolute atomic E-state index is 6.41. The molecule has 0 saturated carbocycles. The molecule has 3 aromatic heterocycles. The highest BCUT2D eigenvalue weighted by atomic mass is 35.5. The summed E-state index contributed by atoms with van der Waals surface area (Å²) in [5, 5.41) is 15.2. The van der Waals surface area contributed by atoms with Crippen molar-refractivity contribution in [3.63, 3.8) is 0 Å². The molecule has 0 unspecified atom stereocenters. The molecule has 0 spiro atoms. The first-order valence-corrected chi connectivity index (χ1v) is 11.0. The van der Waals surface area contributed by atoms with Gasteiger partial charge in [0.2, 0.25) is 5.82 Å². The summed E-state index contributed by atoms with van der Waals surface area (Å²) in [5.74, 6) is 0.582. The molecular weight excluding hydrogens is 422 g/mol. The molecule has 8 heteroatoms. The van der Waals surface area contributed by atoms with Crippen LogP contribution in [0.3, 0.4) is 0 Å². The Balaban J connectivity index is 1.43. The van der Waals surface area contributed by atoms with Crippen LogP contribution in [0.2, 0.25) is 5.02 Å². The number of aromatic nitrogens is 7. The highest BCUT2D eigenvalue weighted by Crippen LogP contribution is 2.30. The fourth-order valence-corrected chi connectivity index (χ4v) is 4.16. The highest BCUT2D eigenvalue weighted by molar-refractivity contribution is 6.32. The number of halogens is 1. The number of hydrogen-bond donors (Lipinski definition) is 1. The Hall–Kier alpha value is -3.58. The molecule has 3 heterocycles. The monoisotopic (exact) mass is 443 g/mol. The van der Waals surface area contributed by atoms with Crippen molar-refractivity contribution < 1.29 is 0 Å². The summed E-state index contributed by atoms with van der Waals surface area (Å²) in [7, 11) is 0. The number of rotatable bonds is 7. The molecule has 2 aromatic carbocycles. The number of nitrogens with one attached hydrogen (secondary N) is 1. The van der Waals surface area contributed by atoms with Crippen molar-refractivity contribution >= 4 is 22.8 Å². The van der Waals surface area contributed by atoms with E-state index in [-0.39, 0.29) is 0 Å². The third-order valence-corrected chi connectivity index (χ3v) is 5.92. The number of aryl methyl sites for hydroxylation is 1. The minimum atomic E-state index is 0.582. The van der Waals surface area contributed by atoms with Crippen LogP contribution in [0.1, 0.15) is 30.9 Å². The normalized spacial score (nSPS) is 11.3. The van der Waals surface area contributed by atoms with Crippen molar-refractivity contribution in [1.82, 2.24) is 35.2 Å². The molecule has 1 N–H and O–H groups in total. The van der Waals surface area contributed by atoms with Crippen molar-refractivity contribution in [2.75, 3.05) is 0 Å². The predicted octanol–water partition coefficient (Wildman–Crippen LogP) is 5.32. The molecule has 0 aliphatic carbocycles. The minimum Gasteiger partial charge on any atom is -0.311 e. The molecule has 5 aromatic rings. The number of unbranched alkanes of at least 4 members (excludes halogenated alkanes) is 1. The van der Waals surface area contributed by atoms with Crippen LogP contribution >= 0.6 is 11.6 Å². The SMILES string of the molecule is CCCCc1c(Cl)cnc2c1ncn2Cc1ccc(-c2ccccc2-c2nn[nH]n2)cc1. The van der Waals surface area contributed by atoms with Crippen molar-refractivity contribution in [2.24, 2.45) is 0 Å². The Morgan fingerprint density at radius 3 is 2.56 bits per heavy atom. The smallest absolute Gasteiger partial charge is 0.205 e. The summed E-state index contributed by atoms with van der Waals surface area (Å²) in [6.07, 6.45) is 6.70. The van der Waals surface area contributed by atoms with E-state index in [0.717, 1.165) is 58.2 Å². The van der Waals surface area contributed by atoms with E-state index in [2.05, 4.69) is 72.4 Å². The number of nitrogens with zero attached hydrogens (tertiary/aromatic N) is 6. The Morgan fingerprint density at radius 1 is 1.00 bits per heavy atom. The lowest BCUT2D eigenvalue weighted by Gasteiger charge is -2.09. The van der Waals surface area contributed by atoms with Crippen LogP contribution in [0.15, 0.2) is 61.1 Å². The van der Waals surface area contributed by atoms with Crippen LogP contribution < -0.4 is 0 Å². The second kappa shape index (κ2) is 8.88. The molecule has 0 bridgehead atoms. The van der Waals surface area contributed by atoms with E-state index in [0.29, 0.717) is 17.4 Å². The number of pyridine rings is 1. The van der Waals surface area contributed by atoms with Crippen molar-refractivity contribution in [3.05, 3.63) is 77.2 Å². The maximum Gasteiger partial charge on any atom is 0.205 e. The molecule has 0 atom stereocenters. The van der Waals surface area contributed by atoms with Crippen molar-refractivity contribution in [2.45, 2.75) is 32.7 Å². The van der Waals surface area contributed by atoms with Gasteiger partial charge in [-0.3, -0.25) is 0 Å². The lowest BCUT2D eigenvalue weighted by atomic mass is 9.98. The first kappa shape index (κ1) is 20.3. The van der Waals surface area contributed by atoms with Gasteiger partial charge in [0.25, 0.3) is 0 Å². The van der Waals surface area contributed by atoms with Crippen LogP contribution in [0.25, 0.3) is 33.7 Å². The first-order valence-electron chi connectivity index (χ1n) is 10.6. The standard InChI is InChI=1S/C24H22ClN7/c1-2-3-6-20-21(25)13-26-24-22(20)27-15-32(24)14-16-9-11-17(12-10-16)18-7-4-5-8-19(18)23-28-30-31-29-23/h4-5,7-13,15H,2-3,6,14H2,1H3,(H,28,29,30,31). The fraction of sp³-hybridized carbons (Fsp3) is 0.208. The molecule has 5 rings (SSSR count). The van der Waals surface area contributed by atoms with Gasteiger partial charge in [0.15, 0.2) is 5.65 Å². The third-order valence-electron chi connectivity index (χ3n) is 5.60. The highest BCUT2D eigenvalue weighted by Gasteiger charge is 2.14. The molecule has 0 radical (unpaired) electrons. The average molecular weight is 444 g/mol. The van der Waals surface area contributed by atoms with Gasteiger partial charge < -0.3 is 4.57 Å². The molecule has 7 nitrogen and oxygen atoms in total. The van der Waals surface area contributed by atoms with E-state index < -0.39 is 0 Å². The molecule has 32 heavy (non-hydrogen) atoms. The van der Waals surface area contributed by atoms with Crippen LogP contribution in [-0.2, 0) is 13.0 Å². The Morgan fingerprint density at radius 2 is 1.81 bits per heavy atom. The number of tetrazole rings is 1. The van der Waals surface area contributed by atoms with Gasteiger partial charge in [-0.15, -0.1) is 10.2 Å². The lowest BCUT2D eigenvalue weighted by molar-refractivity contribution is 0.796. The van der Waals surface area contributed by atoms with Gasteiger partial charge in [-0.25, -0.2) is 9.97 Å². The third kappa shape index (κ3) is 3.87. The van der Waals surface area contributed by atoms with Crippen LogP contribution in [0.5, 0.6) is 0 Å². The molecule has 0 aliphatic heterocycles. The topological polar surface area (TPSA) is 85.2 Å². The van der Waals surface area contributed by atoms with E-state index in [9.17, 15) is 0 Å². The van der Waals surface area contributed by atoms with Gasteiger partial charge in [-0.05, 0) is 34.7 Å². The number of hydrogen-bond acceptors (Lipinski definition) is 5. The number of H-pyrrole nitrogens is 1. The Kier molecular flexibility index (Phi) is 5.64. The van der Waals surface area contributed by atoms with Gasteiger partial charge in [-0.2, -0.15) is 5.21 Å². The number of aromatic amines is 1. The zero-order valence-corrected chi connectivity index (χ0v) is 18.4. The van der Waals surface area contributed by atoms with Gasteiger partial charge in [0.1, 0.15) is 5.52 Å². The number of fused-ring (bicyclic) bond motifs is 1. The van der Waals surface area contributed by atoms with Crippen molar-refractivity contribution in [3.8, 4) is 22.5 Å². The van der Waals surface area contributed by atoms with Gasteiger partial charge in [0, 0.05) is 17.3 Å². The fourth-order valence-electron chi connectivity index (χ4n) is 3.93. The average Bonchev–Trinajstić information content (AvgIpc) is 3.50. The van der Waals surface area contributed by atoms with Crippen molar-refractivity contribution in [1.29, 1.82) is 0 Å². The second-order valence-corrected chi connectivity index (χ2v) is 8.12. The molecule has 0 fully saturated rings. The van der Waals surface area contributed by atoms with Gasteiger partial charge in [0.05, 0.1) is 17.9 Å². The maximum atomic E-state index is 6.41. The van der Waals surface area contributed by atoms with Gasteiger partial charge >= 0.3 is 0 Å². The molecule has 0 amide bonds. The summed E-state index contributed by atoms with van der Waals surface area (Å²) in [5.41, 5.74) is 7.11. The molecule has 160 valence electrons. The van der Waals surface area contributed by atoms with E-state index >= 15 is 0 Å². The summed E-state index contributed by atoms with van der Waals surface area (Å²) in [6.45, 7) is 2.86. The largest absolute Gasteiger partial charge is 0.311 e. The second-order valence-electron chi connectivity index (χ2n) is 7.71. The summed E-state index contributed by atoms with van der Waals surface area (Å²) >= 11 is 6.41. The molecule has 0 aliphatic rings. The quantitative estimate of drug-likeness (QED) is 0.367. The van der Waals surface area contributed by atoms with E-state index in [4.69, 9.17) is 11.6 Å². The first-order chi connectivity index (χ1) is 15.7. The predicted molar refractivity (Wildman–Crippen MR) is 125 cm³/mol. The van der Waals surface area contributed by atoms with Crippen LogP contribution in [-0.4, -0.2) is 35.2 Å². The van der Waals surface area contributed by atoms with Crippen LogP contribution in [0, 0.1) is 0 Å². The summed E-state index contributed by atoms with van der Waals surface area (Å²) < 4.78 is 2.07. The zero-order chi connectivity index (χ0) is 21.9. The van der Waals surface area contributed by atoms with E-state index in [1.54, 1.807) is 6.20 Å². The van der Waals surface area contributed by atoms with E-state index in [1.807, 2.05) is 24.5 Å². The minimum absolute atomic E-state index is 0.582. The number of imidazole rings is 1. The summed E-state index contributed by atoms with van der Waals surface area (Å²) in [6, 6.07) is 16.5. The Bertz CT molecular complexity index is 1340. The lowest BCUT2D eigenvalue weighted by Crippen LogP contribution is -2.00. The summed E-state index contributed by atoms with van der Waals surface area (Å²) in [4.78, 5) is 9.18. The molecule has 0 saturated heterocycles. The van der Waals surface area contributed by atoms with Crippen LogP contribution in [0.4, 0.5) is 0 Å². The van der Waals surface area contributed by atoms with E-state index in [1.165, 1.54) is 0 Å². The zero-order valence-electron chi connectivity index (χ0n) is 17.7. The number of benzene rings is 2.